The summed E-state index contributed by atoms with van der Waals surface area (Å²) in [5.41, 5.74) is 0. The van der Waals surface area contributed by atoms with E-state index in [-0.39, 0.29) is 0 Å². The van der Waals surface area contributed by atoms with Crippen molar-refractivity contribution < 1.29 is 34.8 Å². The van der Waals surface area contributed by atoms with Gasteiger partial charge in [-0.1, -0.05) is 0 Å². The smallest absolute Gasteiger partial charge is 0.244 e. The van der Waals surface area contributed by atoms with Gasteiger partial charge in [0.15, 0.2) is 6.29 Å². The minimum atomic E-state index is -1.70. The Morgan fingerprint density at radius 3 is 2.36 bits per heavy atom. The first kappa shape index (κ1) is 21.7. The average molecular weight is 381 g/mol. The Morgan fingerprint density at radius 1 is 1.28 bits per heavy atom. The Balaban J connectivity index is 2.95. The highest BCUT2D eigenvalue weighted by atomic mass is 32.2. The summed E-state index contributed by atoms with van der Waals surface area (Å²) in [5, 5.41) is 43.5. The number of hydrogen-bond donors (Lipinski definition) is 6. The zero-order valence-electron chi connectivity index (χ0n) is 13.9. The van der Waals surface area contributed by atoms with E-state index in [0.29, 0.717) is 11.9 Å². The van der Waals surface area contributed by atoms with Crippen LogP contribution in [0, 0.1) is 4.91 Å². The summed E-state index contributed by atoms with van der Waals surface area (Å²) in [7, 11) is 0. The molecule has 0 bridgehead atoms. The molecule has 1 fully saturated rings. The van der Waals surface area contributed by atoms with Gasteiger partial charge in [0.05, 0.1) is 11.4 Å². The van der Waals surface area contributed by atoms with Crippen LogP contribution in [0.3, 0.4) is 0 Å². The Morgan fingerprint density at radius 2 is 1.88 bits per heavy atom. The van der Waals surface area contributed by atoms with Gasteiger partial charge < -0.3 is 35.8 Å². The Labute approximate surface area is 148 Å². The number of aliphatic hydroxyl groups excluding tert-OH is 4. The lowest BCUT2D eigenvalue weighted by molar-refractivity contribution is -0.254. The molecule has 25 heavy (non-hydrogen) atoms. The number of carbonyl (C=O) groups is 2. The molecule has 144 valence electrons. The van der Waals surface area contributed by atoms with Crippen LogP contribution in [0.25, 0.3) is 0 Å². The standard InChI is InChI=1S/C13H23N3O8S/c1-5(18)14-10(13(2,3)25-16-23)11(21)15-7-9(20)8(19)6(4-17)24-12(7)22/h6-10,12,17,19-20,22H,4H2,1-3H3,(H,14,18)(H,15,21)/t6?,7?,8-,9+,10?,12?/m1/s1. The quantitative estimate of drug-likeness (QED) is 0.207. The van der Waals surface area contributed by atoms with E-state index in [0.717, 1.165) is 0 Å². The topological polar surface area (TPSA) is 178 Å². The van der Waals surface area contributed by atoms with Crippen molar-refractivity contribution >= 4 is 23.8 Å². The third kappa shape index (κ3) is 5.33. The number of nitroso groups, excluding NO2 is 1. The van der Waals surface area contributed by atoms with Crippen LogP contribution in [0.4, 0.5) is 0 Å². The highest BCUT2D eigenvalue weighted by molar-refractivity contribution is 7.99. The molecule has 0 aromatic rings. The van der Waals surface area contributed by atoms with Crippen molar-refractivity contribution in [1.29, 1.82) is 0 Å². The van der Waals surface area contributed by atoms with Crippen molar-refractivity contribution in [3.8, 4) is 0 Å². The van der Waals surface area contributed by atoms with Gasteiger partial charge >= 0.3 is 0 Å². The van der Waals surface area contributed by atoms with Crippen LogP contribution in [0.1, 0.15) is 20.8 Å². The monoisotopic (exact) mass is 381 g/mol. The molecular weight excluding hydrogens is 358 g/mol. The zero-order chi connectivity index (χ0) is 19.4. The highest BCUT2D eigenvalue weighted by Crippen LogP contribution is 2.29. The van der Waals surface area contributed by atoms with Crippen LogP contribution in [0.5, 0.6) is 0 Å². The van der Waals surface area contributed by atoms with Crippen molar-refractivity contribution in [3.05, 3.63) is 4.91 Å². The Bertz CT molecular complexity index is 506. The van der Waals surface area contributed by atoms with Gasteiger partial charge in [0.1, 0.15) is 30.4 Å². The van der Waals surface area contributed by atoms with Crippen molar-refractivity contribution in [2.45, 2.75) is 62.2 Å². The van der Waals surface area contributed by atoms with Crippen molar-refractivity contribution in [3.63, 3.8) is 0 Å². The number of ether oxygens (including phenoxy) is 1. The molecule has 12 heteroatoms. The lowest BCUT2D eigenvalue weighted by Crippen LogP contribution is -2.67. The fourth-order valence-corrected chi connectivity index (χ4v) is 2.87. The maximum atomic E-state index is 12.5. The fraction of sp³-hybridized carbons (Fsp3) is 0.846. The first-order chi connectivity index (χ1) is 11.5. The van der Waals surface area contributed by atoms with E-state index < -0.39 is 59.9 Å². The van der Waals surface area contributed by atoms with Crippen molar-refractivity contribution in [1.82, 2.24) is 10.6 Å². The van der Waals surface area contributed by atoms with Gasteiger partial charge in [0, 0.05) is 23.5 Å². The molecule has 0 spiro atoms. The van der Waals surface area contributed by atoms with Crippen LogP contribution >= 0.6 is 11.9 Å². The lowest BCUT2D eigenvalue weighted by atomic mass is 9.95. The van der Waals surface area contributed by atoms with Gasteiger partial charge in [-0.25, -0.2) is 0 Å². The largest absolute Gasteiger partial charge is 0.394 e. The summed E-state index contributed by atoms with van der Waals surface area (Å²) in [5.74, 6) is -1.36. The number of aliphatic hydroxyl groups is 4. The Kier molecular flexibility index (Phi) is 7.71. The van der Waals surface area contributed by atoms with E-state index in [1.54, 1.807) is 0 Å². The molecular formula is C13H23N3O8S. The van der Waals surface area contributed by atoms with Gasteiger partial charge in [-0.05, 0) is 13.8 Å². The predicted molar refractivity (Wildman–Crippen MR) is 87.0 cm³/mol. The molecule has 1 heterocycles. The minimum Gasteiger partial charge on any atom is -0.394 e. The molecule has 1 saturated heterocycles. The first-order valence-corrected chi connectivity index (χ1v) is 8.21. The van der Waals surface area contributed by atoms with Gasteiger partial charge in [-0.2, -0.15) is 0 Å². The van der Waals surface area contributed by atoms with E-state index in [1.807, 2.05) is 0 Å². The van der Waals surface area contributed by atoms with E-state index in [2.05, 4.69) is 15.2 Å². The summed E-state index contributed by atoms with van der Waals surface area (Å²) >= 11 is 0.535. The second kappa shape index (κ2) is 8.87. The fourth-order valence-electron chi connectivity index (χ4n) is 2.41. The minimum absolute atomic E-state index is 0.535. The summed E-state index contributed by atoms with van der Waals surface area (Å²) in [4.78, 5) is 34.4. The van der Waals surface area contributed by atoms with Crippen LogP contribution in [0.15, 0.2) is 4.58 Å². The molecule has 0 aromatic heterocycles. The molecule has 2 amide bonds. The van der Waals surface area contributed by atoms with E-state index >= 15 is 0 Å². The van der Waals surface area contributed by atoms with Gasteiger partial charge in [0.2, 0.25) is 11.8 Å². The number of carbonyl (C=O) groups excluding carboxylic acids is 2. The number of rotatable bonds is 7. The summed E-state index contributed by atoms with van der Waals surface area (Å²) < 4.78 is 6.49. The maximum Gasteiger partial charge on any atom is 0.244 e. The summed E-state index contributed by atoms with van der Waals surface area (Å²) in [6, 6.07) is -2.63. The van der Waals surface area contributed by atoms with Gasteiger partial charge in [0.25, 0.3) is 0 Å². The molecule has 6 N–H and O–H groups in total. The molecule has 11 nitrogen and oxygen atoms in total. The molecule has 1 rings (SSSR count). The molecule has 0 radical (unpaired) electrons. The molecule has 0 aliphatic carbocycles. The van der Waals surface area contributed by atoms with Crippen molar-refractivity contribution in [2.75, 3.05) is 6.61 Å². The van der Waals surface area contributed by atoms with Crippen LogP contribution in [-0.4, -0.2) is 80.3 Å². The molecule has 1 aliphatic rings. The Hall–Kier alpha value is -1.31. The van der Waals surface area contributed by atoms with E-state index in [9.17, 15) is 29.8 Å². The van der Waals surface area contributed by atoms with Crippen LogP contribution in [0.2, 0.25) is 0 Å². The van der Waals surface area contributed by atoms with Crippen LogP contribution < -0.4 is 10.6 Å². The normalized spacial score (nSPS) is 31.1. The number of nitrogens with one attached hydrogen (secondary N) is 2. The highest BCUT2D eigenvalue weighted by Gasteiger charge is 2.46. The van der Waals surface area contributed by atoms with Gasteiger partial charge in [-0.15, -0.1) is 4.91 Å². The first-order valence-electron chi connectivity index (χ1n) is 7.44. The number of nitrogens with zero attached hydrogens (tertiary/aromatic N) is 1. The van der Waals surface area contributed by atoms with Crippen molar-refractivity contribution in [2.24, 2.45) is 4.58 Å². The van der Waals surface area contributed by atoms with Gasteiger partial charge in [-0.3, -0.25) is 9.59 Å². The molecule has 0 saturated carbocycles. The second-order valence-corrected chi connectivity index (χ2v) is 7.55. The SMILES string of the molecule is CC(=O)NC(C(=O)NC1C(O)OC(CO)[C@@H](O)[C@H]1O)C(C)(C)SN=O. The van der Waals surface area contributed by atoms with E-state index in [4.69, 9.17) is 9.84 Å². The lowest BCUT2D eigenvalue weighted by Gasteiger charge is -2.41. The molecule has 4 unspecified atom stereocenters. The number of hydrogen-bond acceptors (Lipinski definition) is 10. The van der Waals surface area contributed by atoms with Crippen LogP contribution in [-0.2, 0) is 14.3 Å². The molecule has 0 aromatic carbocycles. The molecule has 1 aliphatic heterocycles. The summed E-state index contributed by atoms with van der Waals surface area (Å²) in [6.07, 6.45) is -6.08. The third-order valence-electron chi connectivity index (χ3n) is 3.79. The maximum absolute atomic E-state index is 12.5. The predicted octanol–water partition coefficient (Wildman–Crippen LogP) is -2.40. The summed E-state index contributed by atoms with van der Waals surface area (Å²) in [6.45, 7) is 3.54. The number of amides is 2. The van der Waals surface area contributed by atoms with E-state index in [1.165, 1.54) is 20.8 Å². The third-order valence-corrected chi connectivity index (χ3v) is 4.57. The second-order valence-electron chi connectivity index (χ2n) is 6.17. The average Bonchev–Trinajstić information content (AvgIpc) is 2.52. The molecule has 6 atom stereocenters. The zero-order valence-corrected chi connectivity index (χ0v) is 14.8.